The Morgan fingerprint density at radius 3 is 2.69 bits per heavy atom. The Labute approximate surface area is 149 Å². The van der Waals surface area contributed by atoms with E-state index in [1.165, 1.54) is 12.1 Å². The van der Waals surface area contributed by atoms with Crippen LogP contribution >= 0.6 is 0 Å². The number of rotatable bonds is 3. The molecule has 1 aromatic heterocycles. The second kappa shape index (κ2) is 6.18. The molecule has 0 bridgehead atoms. The van der Waals surface area contributed by atoms with E-state index in [4.69, 9.17) is 4.74 Å². The summed E-state index contributed by atoms with van der Waals surface area (Å²) in [7, 11) is 0. The van der Waals surface area contributed by atoms with E-state index in [-0.39, 0.29) is 12.4 Å². The summed E-state index contributed by atoms with van der Waals surface area (Å²) < 4.78 is 6.99. The first-order valence-electron chi connectivity index (χ1n) is 8.33. The normalized spacial score (nSPS) is 19.0. The number of aromatic hydroxyl groups is 1. The number of carbonyl (C=O) groups excluding carboxylic acids is 2. The van der Waals surface area contributed by atoms with Crippen LogP contribution in [0.5, 0.6) is 5.75 Å². The molecule has 0 radical (unpaired) electrons. The molecule has 1 aliphatic heterocycles. The maximum atomic E-state index is 12.7. The number of imidazole rings is 1. The van der Waals surface area contributed by atoms with Gasteiger partial charge in [-0.3, -0.25) is 14.9 Å². The standard InChI is InChI=1S/C19H17N3O4/c1-2-26-18(25)15-16(11-7-9-12(23)10-8-11)22-14-6-4-3-5-13(14)20-19(22)21-17(15)24/h3-10,15-16,23H,2H2,1H3,(H,20,21,24). The van der Waals surface area contributed by atoms with Crippen LogP contribution in [-0.2, 0) is 14.3 Å². The van der Waals surface area contributed by atoms with Gasteiger partial charge in [-0.2, -0.15) is 0 Å². The van der Waals surface area contributed by atoms with Crippen LogP contribution < -0.4 is 5.32 Å². The number of fused-ring (bicyclic) bond motifs is 3. The zero-order valence-electron chi connectivity index (χ0n) is 14.0. The van der Waals surface area contributed by atoms with Gasteiger partial charge in [-0.05, 0) is 36.8 Å². The van der Waals surface area contributed by atoms with Crippen molar-refractivity contribution >= 4 is 28.9 Å². The first-order valence-corrected chi connectivity index (χ1v) is 8.33. The predicted molar refractivity (Wildman–Crippen MR) is 94.7 cm³/mol. The molecule has 0 fully saturated rings. The SMILES string of the molecule is CCOC(=O)C1C(=O)Nc2nc3ccccc3n2C1c1ccc(O)cc1. The Kier molecular flexibility index (Phi) is 3.84. The smallest absolute Gasteiger partial charge is 0.321 e. The number of para-hydroxylation sites is 2. The minimum atomic E-state index is -1.05. The number of esters is 1. The Hall–Kier alpha value is -3.35. The third-order valence-corrected chi connectivity index (χ3v) is 4.48. The molecular formula is C19H17N3O4. The second-order valence-corrected chi connectivity index (χ2v) is 6.05. The van der Waals surface area contributed by atoms with Gasteiger partial charge in [0.25, 0.3) is 0 Å². The number of phenols is 1. The number of aromatic nitrogens is 2. The molecule has 2 N–H and O–H groups in total. The number of hydrogen-bond donors (Lipinski definition) is 2. The van der Waals surface area contributed by atoms with E-state index in [0.717, 1.165) is 11.0 Å². The predicted octanol–water partition coefficient (Wildman–Crippen LogP) is 2.46. The number of benzene rings is 2. The maximum absolute atomic E-state index is 12.7. The fourth-order valence-corrected chi connectivity index (χ4v) is 3.38. The highest BCUT2D eigenvalue weighted by Gasteiger charge is 2.44. The lowest BCUT2D eigenvalue weighted by Crippen LogP contribution is -2.43. The van der Waals surface area contributed by atoms with Gasteiger partial charge in [-0.1, -0.05) is 24.3 Å². The van der Waals surface area contributed by atoms with Crippen molar-refractivity contribution in [3.8, 4) is 5.75 Å². The van der Waals surface area contributed by atoms with Gasteiger partial charge in [0, 0.05) is 0 Å². The average Bonchev–Trinajstić information content (AvgIpc) is 2.99. The summed E-state index contributed by atoms with van der Waals surface area (Å²) in [5.41, 5.74) is 2.23. The first kappa shape index (κ1) is 16.1. The second-order valence-electron chi connectivity index (χ2n) is 6.05. The van der Waals surface area contributed by atoms with Crippen molar-refractivity contribution in [2.24, 2.45) is 5.92 Å². The fraction of sp³-hybridized carbons (Fsp3) is 0.211. The van der Waals surface area contributed by atoms with Crippen molar-refractivity contribution in [1.82, 2.24) is 9.55 Å². The molecule has 7 heteroatoms. The number of ether oxygens (including phenoxy) is 1. The van der Waals surface area contributed by atoms with Crippen molar-refractivity contribution < 1.29 is 19.4 Å². The molecule has 3 aromatic rings. The number of carbonyl (C=O) groups is 2. The molecule has 0 aliphatic carbocycles. The minimum Gasteiger partial charge on any atom is -0.508 e. The number of anilines is 1. The lowest BCUT2D eigenvalue weighted by molar-refractivity contribution is -0.152. The Morgan fingerprint density at radius 2 is 1.96 bits per heavy atom. The summed E-state index contributed by atoms with van der Waals surface area (Å²) in [5.74, 6) is -1.60. The molecule has 2 aromatic carbocycles. The Balaban J connectivity index is 1.95. The van der Waals surface area contributed by atoms with E-state index in [0.29, 0.717) is 11.5 Å². The molecule has 1 amide bonds. The summed E-state index contributed by atoms with van der Waals surface area (Å²) in [6.07, 6.45) is 0. The van der Waals surface area contributed by atoms with Crippen LogP contribution in [0.25, 0.3) is 11.0 Å². The summed E-state index contributed by atoms with van der Waals surface area (Å²) >= 11 is 0. The molecule has 2 unspecified atom stereocenters. The van der Waals surface area contributed by atoms with Crippen molar-refractivity contribution in [3.63, 3.8) is 0 Å². The quantitative estimate of drug-likeness (QED) is 0.558. The van der Waals surface area contributed by atoms with Crippen molar-refractivity contribution in [2.45, 2.75) is 13.0 Å². The van der Waals surface area contributed by atoms with Gasteiger partial charge in [0.1, 0.15) is 5.75 Å². The summed E-state index contributed by atoms with van der Waals surface area (Å²) in [5, 5.41) is 12.3. The molecule has 0 saturated carbocycles. The van der Waals surface area contributed by atoms with Crippen LogP contribution in [0.4, 0.5) is 5.95 Å². The molecule has 0 saturated heterocycles. The highest BCUT2D eigenvalue weighted by Crippen LogP contribution is 2.38. The molecule has 2 atom stereocenters. The van der Waals surface area contributed by atoms with E-state index in [2.05, 4.69) is 10.3 Å². The van der Waals surface area contributed by atoms with E-state index in [1.54, 1.807) is 19.1 Å². The van der Waals surface area contributed by atoms with Crippen LogP contribution in [0.3, 0.4) is 0 Å². The van der Waals surface area contributed by atoms with Crippen molar-refractivity contribution in [2.75, 3.05) is 11.9 Å². The average molecular weight is 351 g/mol. The van der Waals surface area contributed by atoms with Crippen LogP contribution in [0, 0.1) is 5.92 Å². The highest BCUT2D eigenvalue weighted by atomic mass is 16.5. The van der Waals surface area contributed by atoms with Gasteiger partial charge in [-0.15, -0.1) is 0 Å². The number of hydrogen-bond acceptors (Lipinski definition) is 5. The molecule has 1 aliphatic rings. The topological polar surface area (TPSA) is 93.5 Å². The summed E-state index contributed by atoms with van der Waals surface area (Å²) in [6.45, 7) is 1.88. The number of phenolic OH excluding ortho intramolecular Hbond substituents is 1. The van der Waals surface area contributed by atoms with Gasteiger partial charge in [0.15, 0.2) is 5.92 Å². The zero-order chi connectivity index (χ0) is 18.3. The van der Waals surface area contributed by atoms with E-state index in [9.17, 15) is 14.7 Å². The summed E-state index contributed by atoms with van der Waals surface area (Å²) in [4.78, 5) is 29.7. The van der Waals surface area contributed by atoms with Gasteiger partial charge >= 0.3 is 5.97 Å². The number of nitrogens with zero attached hydrogens (tertiary/aromatic N) is 2. The van der Waals surface area contributed by atoms with Gasteiger partial charge in [0.05, 0.1) is 23.7 Å². The lowest BCUT2D eigenvalue weighted by Gasteiger charge is -2.32. The largest absolute Gasteiger partial charge is 0.508 e. The molecule has 4 rings (SSSR count). The molecular weight excluding hydrogens is 334 g/mol. The minimum absolute atomic E-state index is 0.109. The fourth-order valence-electron chi connectivity index (χ4n) is 3.38. The van der Waals surface area contributed by atoms with Crippen LogP contribution in [-0.4, -0.2) is 33.1 Å². The van der Waals surface area contributed by atoms with E-state index < -0.39 is 23.8 Å². The molecule has 7 nitrogen and oxygen atoms in total. The van der Waals surface area contributed by atoms with Crippen LogP contribution in [0.15, 0.2) is 48.5 Å². The summed E-state index contributed by atoms with van der Waals surface area (Å²) in [6, 6.07) is 13.3. The molecule has 132 valence electrons. The van der Waals surface area contributed by atoms with Gasteiger partial charge in [0.2, 0.25) is 11.9 Å². The Morgan fingerprint density at radius 1 is 1.23 bits per heavy atom. The monoisotopic (exact) mass is 351 g/mol. The van der Waals surface area contributed by atoms with Gasteiger partial charge in [-0.25, -0.2) is 4.98 Å². The third kappa shape index (κ3) is 2.48. The van der Waals surface area contributed by atoms with Crippen molar-refractivity contribution in [1.29, 1.82) is 0 Å². The van der Waals surface area contributed by atoms with Gasteiger partial charge < -0.3 is 14.4 Å². The van der Waals surface area contributed by atoms with Crippen LogP contribution in [0.2, 0.25) is 0 Å². The number of nitrogens with one attached hydrogen (secondary N) is 1. The number of amides is 1. The van der Waals surface area contributed by atoms with E-state index >= 15 is 0 Å². The Bertz CT molecular complexity index is 994. The lowest BCUT2D eigenvalue weighted by atomic mass is 9.90. The molecule has 26 heavy (non-hydrogen) atoms. The van der Waals surface area contributed by atoms with Crippen LogP contribution in [0.1, 0.15) is 18.5 Å². The maximum Gasteiger partial charge on any atom is 0.321 e. The molecule has 0 spiro atoms. The zero-order valence-corrected chi connectivity index (χ0v) is 14.0. The molecule has 2 heterocycles. The first-order chi connectivity index (χ1) is 12.6. The van der Waals surface area contributed by atoms with Crippen molar-refractivity contribution in [3.05, 3.63) is 54.1 Å². The highest BCUT2D eigenvalue weighted by molar-refractivity contribution is 6.07. The van der Waals surface area contributed by atoms with E-state index in [1.807, 2.05) is 28.8 Å². The third-order valence-electron chi connectivity index (χ3n) is 4.48.